The lowest BCUT2D eigenvalue weighted by Crippen LogP contribution is -2.32. The van der Waals surface area contributed by atoms with E-state index in [4.69, 9.17) is 9.47 Å². The maximum atomic E-state index is 6.69. The second-order valence-electron chi connectivity index (χ2n) is 15.0. The average molecular weight is 765 g/mol. The summed E-state index contributed by atoms with van der Waals surface area (Å²) in [5.41, 5.74) is 7.05. The number of ether oxygens (including phenoxy) is 2. The van der Waals surface area contributed by atoms with E-state index >= 15 is 0 Å². The zero-order chi connectivity index (χ0) is 39.2. The van der Waals surface area contributed by atoms with Crippen molar-refractivity contribution in [3.63, 3.8) is 0 Å². The van der Waals surface area contributed by atoms with E-state index in [2.05, 4.69) is 141 Å². The van der Waals surface area contributed by atoms with Crippen LogP contribution in [-0.4, -0.2) is 23.2 Å². The first kappa shape index (κ1) is 38.5. The highest BCUT2D eigenvalue weighted by Crippen LogP contribution is 2.45. The number of rotatable bonds is 19. The zero-order valence-electron chi connectivity index (χ0n) is 33.3. The molecular weight excluding hydrogens is 713 g/mol. The fraction of sp³-hybridized carbons (Fsp3) is 0.231. The van der Waals surface area contributed by atoms with Crippen molar-refractivity contribution in [3.8, 4) is 44.9 Å². The zero-order valence-corrected chi connectivity index (χ0v) is 33.3. The number of hydrogen-bond acceptors (Lipinski definition) is 4. The van der Waals surface area contributed by atoms with E-state index < -0.39 is 0 Å². The van der Waals surface area contributed by atoms with E-state index in [0.29, 0.717) is 13.2 Å². The molecule has 6 heteroatoms. The predicted molar refractivity (Wildman–Crippen MR) is 235 cm³/mol. The molecule has 290 valence electrons. The highest BCUT2D eigenvalue weighted by Gasteiger charge is 2.19. The molecule has 0 radical (unpaired) electrons. The molecule has 4 aromatic heterocycles. The Morgan fingerprint density at radius 1 is 0.362 bits per heavy atom. The van der Waals surface area contributed by atoms with E-state index in [-0.39, 0.29) is 0 Å². The molecule has 8 rings (SSSR count). The van der Waals surface area contributed by atoms with Crippen LogP contribution in [0.2, 0.25) is 0 Å². The van der Waals surface area contributed by atoms with E-state index in [1.807, 2.05) is 49.1 Å². The molecule has 4 heterocycles. The molecule has 0 aliphatic carbocycles. The lowest BCUT2D eigenvalue weighted by Gasteiger charge is -2.20. The average Bonchev–Trinajstić information content (AvgIpc) is 3.29. The van der Waals surface area contributed by atoms with Gasteiger partial charge in [0.1, 0.15) is 24.6 Å². The number of benzene rings is 4. The molecule has 0 amide bonds. The van der Waals surface area contributed by atoms with Crippen LogP contribution >= 0.6 is 0 Å². The van der Waals surface area contributed by atoms with Gasteiger partial charge in [0, 0.05) is 73.0 Å². The smallest absolute Gasteiger partial charge is 0.169 e. The van der Waals surface area contributed by atoms with Crippen LogP contribution in [0.15, 0.2) is 171 Å². The van der Waals surface area contributed by atoms with Crippen molar-refractivity contribution in [1.29, 1.82) is 0 Å². The second-order valence-corrected chi connectivity index (χ2v) is 15.0. The van der Waals surface area contributed by atoms with Crippen molar-refractivity contribution in [2.75, 3.05) is 13.2 Å². The van der Waals surface area contributed by atoms with Crippen LogP contribution < -0.4 is 18.6 Å². The first-order valence-electron chi connectivity index (χ1n) is 20.9. The van der Waals surface area contributed by atoms with E-state index in [9.17, 15) is 0 Å². The molecule has 0 bridgehead atoms. The summed E-state index contributed by atoms with van der Waals surface area (Å²) in [6, 6.07) is 42.9. The molecule has 4 aromatic carbocycles. The van der Waals surface area contributed by atoms with Crippen LogP contribution in [0.1, 0.15) is 51.4 Å². The van der Waals surface area contributed by atoms with Gasteiger partial charge >= 0.3 is 0 Å². The van der Waals surface area contributed by atoms with Gasteiger partial charge in [-0.25, -0.2) is 9.13 Å². The number of hydrogen-bond donors (Lipinski definition) is 0. The van der Waals surface area contributed by atoms with Gasteiger partial charge in [-0.15, -0.1) is 0 Å². The number of unbranched alkanes of at least 4 members (excludes halogenated alkanes) is 6. The Bertz CT molecular complexity index is 2330. The summed E-state index contributed by atoms with van der Waals surface area (Å²) < 4.78 is 17.9. The molecule has 0 saturated carbocycles. The van der Waals surface area contributed by atoms with Crippen LogP contribution in [0.4, 0.5) is 0 Å². The SMILES string of the molecule is c1ccc2c(-c3c(OCCCCCC[n+]4ccc(-c5ccncc5)cc4)ccc4ccccc34)c(OCCCCCC[n+]3ccc(-c4ccncc4)cc3)ccc2c1. The minimum atomic E-state index is 0.674. The number of aromatic nitrogens is 4. The van der Waals surface area contributed by atoms with Crippen LogP contribution in [0.5, 0.6) is 11.5 Å². The van der Waals surface area contributed by atoms with Crippen LogP contribution in [-0.2, 0) is 13.1 Å². The summed E-state index contributed by atoms with van der Waals surface area (Å²) in [6.07, 6.45) is 24.9. The number of aryl methyl sites for hydroxylation is 2. The molecule has 0 atom stereocenters. The van der Waals surface area contributed by atoms with Gasteiger partial charge in [-0.05, 0) is 119 Å². The Balaban J connectivity index is 0.873. The standard InChI is InChI=1S/C52H52N4O2/c1(9-33-55-35-25-43(26-36-55)41-21-29-53-30-22-41)3-11-39-57-49-19-17-45-13-5-7-15-47(45)51(49)52-48-16-8-6-14-46(48)18-20-50(52)58-40-12-4-2-10-34-56-37-27-44(28-38-56)42-23-31-54-32-24-42/h5-8,13-32,35-38H,1-4,9-12,33-34,39-40H2/q+2. The van der Waals surface area contributed by atoms with Crippen molar-refractivity contribution >= 4 is 21.5 Å². The fourth-order valence-electron chi connectivity index (χ4n) is 7.81. The summed E-state index contributed by atoms with van der Waals surface area (Å²) in [5.74, 6) is 1.83. The number of fused-ring (bicyclic) bond motifs is 2. The predicted octanol–water partition coefficient (Wildman–Crippen LogP) is 11.6. The third-order valence-electron chi connectivity index (χ3n) is 11.0. The minimum absolute atomic E-state index is 0.674. The molecule has 0 aliphatic rings. The number of nitrogens with zero attached hydrogens (tertiary/aromatic N) is 4. The lowest BCUT2D eigenvalue weighted by molar-refractivity contribution is -0.697. The highest BCUT2D eigenvalue weighted by atomic mass is 16.5. The van der Waals surface area contributed by atoms with Gasteiger partial charge in [-0.1, -0.05) is 60.7 Å². The second kappa shape index (κ2) is 19.6. The maximum Gasteiger partial charge on any atom is 0.169 e. The van der Waals surface area contributed by atoms with Gasteiger partial charge in [0.05, 0.1) is 13.2 Å². The van der Waals surface area contributed by atoms with Crippen molar-refractivity contribution in [2.45, 2.75) is 64.5 Å². The summed E-state index contributed by atoms with van der Waals surface area (Å²) in [4.78, 5) is 8.27. The lowest BCUT2D eigenvalue weighted by atomic mass is 9.92. The number of pyridine rings is 4. The van der Waals surface area contributed by atoms with Crippen LogP contribution in [0, 0.1) is 0 Å². The molecule has 0 saturated heterocycles. The molecule has 0 N–H and O–H groups in total. The monoisotopic (exact) mass is 764 g/mol. The van der Waals surface area contributed by atoms with Crippen molar-refractivity contribution < 1.29 is 18.6 Å². The Morgan fingerprint density at radius 3 is 1.17 bits per heavy atom. The maximum absolute atomic E-state index is 6.69. The Labute approximate surface area is 342 Å². The molecule has 0 fully saturated rings. The molecular formula is C52H52N4O2+2. The first-order valence-corrected chi connectivity index (χ1v) is 20.9. The normalized spacial score (nSPS) is 11.2. The largest absolute Gasteiger partial charge is 0.493 e. The topological polar surface area (TPSA) is 52.0 Å². The van der Waals surface area contributed by atoms with Crippen molar-refractivity contribution in [3.05, 3.63) is 171 Å². The first-order chi connectivity index (χ1) is 28.8. The molecule has 0 unspecified atom stereocenters. The van der Waals surface area contributed by atoms with Gasteiger partial charge < -0.3 is 9.47 Å². The van der Waals surface area contributed by atoms with E-state index in [1.54, 1.807) is 0 Å². The van der Waals surface area contributed by atoms with Gasteiger partial charge in [-0.3, -0.25) is 9.97 Å². The van der Waals surface area contributed by atoms with Crippen LogP contribution in [0.3, 0.4) is 0 Å². The quantitative estimate of drug-likeness (QED) is 0.0608. The third-order valence-corrected chi connectivity index (χ3v) is 11.0. The molecule has 58 heavy (non-hydrogen) atoms. The molecule has 0 aliphatic heterocycles. The minimum Gasteiger partial charge on any atom is -0.493 e. The molecule has 8 aromatic rings. The van der Waals surface area contributed by atoms with Crippen LogP contribution in [0.25, 0.3) is 54.9 Å². The fourth-order valence-corrected chi connectivity index (χ4v) is 7.81. The van der Waals surface area contributed by atoms with Gasteiger partial charge in [0.25, 0.3) is 0 Å². The molecule has 6 nitrogen and oxygen atoms in total. The molecule has 0 spiro atoms. The summed E-state index contributed by atoms with van der Waals surface area (Å²) in [5, 5.41) is 4.75. The highest BCUT2D eigenvalue weighted by molar-refractivity contribution is 6.09. The summed E-state index contributed by atoms with van der Waals surface area (Å²) >= 11 is 0. The summed E-state index contributed by atoms with van der Waals surface area (Å²) in [7, 11) is 0. The Hall–Kier alpha value is -6.40. The third kappa shape index (κ3) is 9.75. The van der Waals surface area contributed by atoms with Gasteiger partial charge in [0.15, 0.2) is 24.8 Å². The van der Waals surface area contributed by atoms with E-state index in [1.165, 1.54) is 43.8 Å². The van der Waals surface area contributed by atoms with Crippen molar-refractivity contribution in [2.24, 2.45) is 0 Å². The Morgan fingerprint density at radius 2 is 0.741 bits per heavy atom. The summed E-state index contributed by atoms with van der Waals surface area (Å²) in [6.45, 7) is 3.37. The van der Waals surface area contributed by atoms with Gasteiger partial charge in [0.2, 0.25) is 0 Å². The van der Waals surface area contributed by atoms with Gasteiger partial charge in [-0.2, -0.15) is 0 Å². The van der Waals surface area contributed by atoms with E-state index in [0.717, 1.165) is 87.1 Å². The van der Waals surface area contributed by atoms with Crippen molar-refractivity contribution in [1.82, 2.24) is 9.97 Å². The Kier molecular flexibility index (Phi) is 13.0.